The van der Waals surface area contributed by atoms with Gasteiger partial charge < -0.3 is 5.32 Å². The number of aryl methyl sites for hydroxylation is 1. The fourth-order valence-electron chi connectivity index (χ4n) is 2.56. The van der Waals surface area contributed by atoms with E-state index in [1.165, 1.54) is 12.1 Å². The second kappa shape index (κ2) is 4.14. The van der Waals surface area contributed by atoms with Gasteiger partial charge in [0.1, 0.15) is 0 Å². The molecule has 84 valence electrons. The first kappa shape index (κ1) is 11.0. The second-order valence-corrected chi connectivity index (χ2v) is 4.53. The molecule has 1 unspecified atom stereocenters. The highest BCUT2D eigenvalue weighted by Gasteiger charge is 2.37. The van der Waals surface area contributed by atoms with Gasteiger partial charge in [0.25, 0.3) is 0 Å². The number of aromatic nitrogens is 2. The summed E-state index contributed by atoms with van der Waals surface area (Å²) in [6.07, 6.45) is 5.21. The van der Waals surface area contributed by atoms with Gasteiger partial charge in [-0.05, 0) is 32.7 Å². The molecule has 2 rings (SSSR count). The molecular weight excluding hydrogens is 210 g/mol. The molecule has 1 saturated heterocycles. The SMILES string of the molecule is CCn1ncc(Cl)c1C1(CC)CCCN1. The molecule has 1 N–H and O–H groups in total. The van der Waals surface area contributed by atoms with Gasteiger partial charge in [-0.25, -0.2) is 0 Å². The van der Waals surface area contributed by atoms with Crippen molar-refractivity contribution >= 4 is 11.6 Å². The largest absolute Gasteiger partial charge is 0.306 e. The van der Waals surface area contributed by atoms with Gasteiger partial charge in [0, 0.05) is 6.54 Å². The first-order chi connectivity index (χ1) is 7.23. The van der Waals surface area contributed by atoms with Gasteiger partial charge in [-0.2, -0.15) is 5.10 Å². The van der Waals surface area contributed by atoms with Crippen LogP contribution in [-0.2, 0) is 12.1 Å². The first-order valence-corrected chi connectivity index (χ1v) is 6.08. The molecule has 0 aromatic carbocycles. The monoisotopic (exact) mass is 227 g/mol. The van der Waals surface area contributed by atoms with Crippen LogP contribution in [0.1, 0.15) is 38.8 Å². The minimum Gasteiger partial charge on any atom is -0.306 e. The standard InChI is InChI=1S/C11H18ClN3/c1-3-11(6-5-7-13-11)10-9(12)8-14-15(10)4-2/h8,13H,3-7H2,1-2H3. The van der Waals surface area contributed by atoms with Crippen LogP contribution in [0, 0.1) is 0 Å². The van der Waals surface area contributed by atoms with E-state index in [1.807, 2.05) is 4.68 Å². The highest BCUT2D eigenvalue weighted by Crippen LogP contribution is 2.37. The maximum Gasteiger partial charge on any atom is 0.0837 e. The van der Waals surface area contributed by atoms with Crippen LogP contribution in [0.25, 0.3) is 0 Å². The predicted octanol–water partition coefficient (Wildman–Crippen LogP) is 2.55. The van der Waals surface area contributed by atoms with Crippen molar-refractivity contribution in [3.63, 3.8) is 0 Å². The van der Waals surface area contributed by atoms with Crippen molar-refractivity contribution in [1.82, 2.24) is 15.1 Å². The van der Waals surface area contributed by atoms with Crippen LogP contribution < -0.4 is 5.32 Å². The topological polar surface area (TPSA) is 29.9 Å². The fourth-order valence-corrected chi connectivity index (χ4v) is 2.88. The summed E-state index contributed by atoms with van der Waals surface area (Å²) < 4.78 is 2.02. The highest BCUT2D eigenvalue weighted by molar-refractivity contribution is 6.31. The quantitative estimate of drug-likeness (QED) is 0.860. The van der Waals surface area contributed by atoms with Crippen LogP contribution in [0.15, 0.2) is 6.20 Å². The Morgan fingerprint density at radius 2 is 2.40 bits per heavy atom. The van der Waals surface area contributed by atoms with Crippen LogP contribution in [-0.4, -0.2) is 16.3 Å². The van der Waals surface area contributed by atoms with Gasteiger partial charge in [0.15, 0.2) is 0 Å². The molecule has 0 aliphatic carbocycles. The smallest absolute Gasteiger partial charge is 0.0837 e. The molecule has 1 fully saturated rings. The van der Waals surface area contributed by atoms with Gasteiger partial charge >= 0.3 is 0 Å². The third-order valence-electron chi connectivity index (χ3n) is 3.39. The molecule has 4 heteroatoms. The molecule has 1 atom stereocenters. The first-order valence-electron chi connectivity index (χ1n) is 5.70. The Morgan fingerprint density at radius 1 is 1.60 bits per heavy atom. The van der Waals surface area contributed by atoms with Gasteiger partial charge in [-0.1, -0.05) is 18.5 Å². The van der Waals surface area contributed by atoms with Crippen molar-refractivity contribution in [3.05, 3.63) is 16.9 Å². The molecule has 1 aliphatic heterocycles. The van der Waals surface area contributed by atoms with Crippen molar-refractivity contribution in [2.75, 3.05) is 6.54 Å². The highest BCUT2D eigenvalue weighted by atomic mass is 35.5. The summed E-state index contributed by atoms with van der Waals surface area (Å²) in [5.74, 6) is 0. The molecule has 1 aromatic heterocycles. The number of hydrogen-bond donors (Lipinski definition) is 1. The van der Waals surface area contributed by atoms with E-state index < -0.39 is 0 Å². The number of rotatable bonds is 3. The lowest BCUT2D eigenvalue weighted by Crippen LogP contribution is -2.38. The lowest BCUT2D eigenvalue weighted by atomic mass is 9.90. The normalized spacial score (nSPS) is 26.1. The third kappa shape index (κ3) is 1.68. The zero-order chi connectivity index (χ0) is 10.9. The van der Waals surface area contributed by atoms with E-state index >= 15 is 0 Å². The summed E-state index contributed by atoms with van der Waals surface area (Å²) in [6, 6.07) is 0. The Morgan fingerprint density at radius 3 is 2.93 bits per heavy atom. The van der Waals surface area contributed by atoms with Crippen molar-refractivity contribution in [3.8, 4) is 0 Å². The average Bonchev–Trinajstić information content (AvgIpc) is 2.84. The van der Waals surface area contributed by atoms with Crippen LogP contribution in [0.2, 0.25) is 5.02 Å². The predicted molar refractivity (Wildman–Crippen MR) is 62.1 cm³/mol. The van der Waals surface area contributed by atoms with E-state index in [4.69, 9.17) is 11.6 Å². The zero-order valence-corrected chi connectivity index (χ0v) is 10.1. The zero-order valence-electron chi connectivity index (χ0n) is 9.39. The van der Waals surface area contributed by atoms with Gasteiger partial charge in [-0.3, -0.25) is 4.68 Å². The summed E-state index contributed by atoms with van der Waals surface area (Å²) >= 11 is 6.25. The summed E-state index contributed by atoms with van der Waals surface area (Å²) in [5, 5.41) is 8.71. The van der Waals surface area contributed by atoms with Crippen molar-refractivity contribution < 1.29 is 0 Å². The number of halogens is 1. The molecule has 0 bridgehead atoms. The lowest BCUT2D eigenvalue weighted by molar-refractivity contribution is 0.343. The second-order valence-electron chi connectivity index (χ2n) is 4.12. The fraction of sp³-hybridized carbons (Fsp3) is 0.727. The number of nitrogens with one attached hydrogen (secondary N) is 1. The van der Waals surface area contributed by atoms with Crippen LogP contribution in [0.4, 0.5) is 0 Å². The van der Waals surface area contributed by atoms with E-state index in [0.29, 0.717) is 0 Å². The molecule has 0 amide bonds. The average molecular weight is 228 g/mol. The minimum absolute atomic E-state index is 0.0591. The van der Waals surface area contributed by atoms with E-state index in [9.17, 15) is 0 Å². The van der Waals surface area contributed by atoms with Gasteiger partial charge in [0.2, 0.25) is 0 Å². The molecule has 0 radical (unpaired) electrons. The molecule has 0 spiro atoms. The van der Waals surface area contributed by atoms with Crippen molar-refractivity contribution in [2.45, 2.75) is 45.2 Å². The maximum absolute atomic E-state index is 6.25. The Hall–Kier alpha value is -0.540. The Bertz CT molecular complexity index is 340. The molecule has 1 aromatic rings. The van der Waals surface area contributed by atoms with Crippen LogP contribution in [0.5, 0.6) is 0 Å². The van der Waals surface area contributed by atoms with E-state index in [2.05, 4.69) is 24.3 Å². The van der Waals surface area contributed by atoms with Crippen LogP contribution >= 0.6 is 11.6 Å². The van der Waals surface area contributed by atoms with Gasteiger partial charge in [0.05, 0.1) is 22.5 Å². The Balaban J connectivity index is 2.45. The van der Waals surface area contributed by atoms with Gasteiger partial charge in [-0.15, -0.1) is 0 Å². The lowest BCUT2D eigenvalue weighted by Gasteiger charge is -2.29. The molecular formula is C11H18ClN3. The molecule has 15 heavy (non-hydrogen) atoms. The molecule has 1 aliphatic rings. The number of nitrogens with zero attached hydrogens (tertiary/aromatic N) is 2. The van der Waals surface area contributed by atoms with Crippen molar-refractivity contribution in [2.24, 2.45) is 0 Å². The number of hydrogen-bond acceptors (Lipinski definition) is 2. The third-order valence-corrected chi connectivity index (χ3v) is 3.67. The summed E-state index contributed by atoms with van der Waals surface area (Å²) in [6.45, 7) is 6.28. The summed E-state index contributed by atoms with van der Waals surface area (Å²) in [4.78, 5) is 0. The molecule has 2 heterocycles. The van der Waals surface area contributed by atoms with Crippen molar-refractivity contribution in [1.29, 1.82) is 0 Å². The van der Waals surface area contributed by atoms with E-state index in [0.717, 1.165) is 31.0 Å². The summed E-state index contributed by atoms with van der Waals surface area (Å²) in [5.41, 5.74) is 1.23. The molecule has 3 nitrogen and oxygen atoms in total. The Labute approximate surface area is 95.8 Å². The van der Waals surface area contributed by atoms with E-state index in [1.54, 1.807) is 6.20 Å². The van der Waals surface area contributed by atoms with E-state index in [-0.39, 0.29) is 5.54 Å². The Kier molecular flexibility index (Phi) is 3.03. The molecule has 0 saturated carbocycles. The maximum atomic E-state index is 6.25. The summed E-state index contributed by atoms with van der Waals surface area (Å²) in [7, 11) is 0. The minimum atomic E-state index is 0.0591. The van der Waals surface area contributed by atoms with Crippen LogP contribution in [0.3, 0.4) is 0 Å².